The third-order valence-corrected chi connectivity index (χ3v) is 5.80. The highest BCUT2D eigenvalue weighted by Gasteiger charge is 2.43. The zero-order valence-corrected chi connectivity index (χ0v) is 14.2. The van der Waals surface area contributed by atoms with E-state index in [1.54, 1.807) is 12.1 Å². The van der Waals surface area contributed by atoms with Crippen LogP contribution in [-0.2, 0) is 4.79 Å². The molecular formula is C23H17FO2. The van der Waals surface area contributed by atoms with Crippen molar-refractivity contribution in [3.8, 4) is 0 Å². The van der Waals surface area contributed by atoms with Gasteiger partial charge in [-0.2, -0.15) is 0 Å². The summed E-state index contributed by atoms with van der Waals surface area (Å²) in [6.07, 6.45) is 2.97. The fourth-order valence-electron chi connectivity index (χ4n) is 4.69. The zero-order valence-electron chi connectivity index (χ0n) is 14.2. The molecule has 3 aliphatic rings. The Kier molecular flexibility index (Phi) is 3.33. The second-order valence-electron chi connectivity index (χ2n) is 7.22. The predicted octanol–water partition coefficient (Wildman–Crippen LogP) is 5.01. The van der Waals surface area contributed by atoms with Crippen LogP contribution in [0, 0.1) is 5.82 Å². The molecule has 26 heavy (non-hydrogen) atoms. The molecule has 3 aliphatic carbocycles. The predicted molar refractivity (Wildman–Crippen MR) is 97.3 cm³/mol. The number of hydrogen-bond acceptors (Lipinski definition) is 2. The third-order valence-electron chi connectivity index (χ3n) is 5.80. The van der Waals surface area contributed by atoms with E-state index < -0.39 is 0 Å². The quantitative estimate of drug-likeness (QED) is 0.728. The summed E-state index contributed by atoms with van der Waals surface area (Å²) in [6, 6.07) is 13.9. The van der Waals surface area contributed by atoms with Crippen LogP contribution < -0.4 is 0 Å². The number of Topliss-reactive ketones (excluding diaryl/α,β-unsaturated/α-hetero) is 2. The number of hydrogen-bond donors (Lipinski definition) is 0. The highest BCUT2D eigenvalue weighted by Crippen LogP contribution is 2.52. The number of fused-ring (bicyclic) bond motifs is 2. The average molecular weight is 344 g/mol. The van der Waals surface area contributed by atoms with E-state index in [0.29, 0.717) is 18.4 Å². The van der Waals surface area contributed by atoms with Crippen LogP contribution in [0.4, 0.5) is 4.39 Å². The second kappa shape index (κ2) is 5.60. The molecule has 128 valence electrons. The molecule has 0 aliphatic heterocycles. The van der Waals surface area contributed by atoms with Gasteiger partial charge in [0.25, 0.3) is 0 Å². The van der Waals surface area contributed by atoms with Crippen LogP contribution in [0.25, 0.3) is 5.57 Å². The van der Waals surface area contributed by atoms with E-state index in [0.717, 1.165) is 46.3 Å². The molecule has 0 N–H and O–H groups in total. The second-order valence-corrected chi connectivity index (χ2v) is 7.22. The molecule has 0 spiro atoms. The number of carbonyl (C=O) groups is 2. The van der Waals surface area contributed by atoms with E-state index in [2.05, 4.69) is 0 Å². The Balaban J connectivity index is 1.75. The molecule has 2 nitrogen and oxygen atoms in total. The van der Waals surface area contributed by atoms with Crippen molar-refractivity contribution in [2.75, 3.05) is 0 Å². The van der Waals surface area contributed by atoms with Crippen LogP contribution in [0.2, 0.25) is 0 Å². The van der Waals surface area contributed by atoms with Crippen LogP contribution in [0.1, 0.15) is 53.1 Å². The Labute approximate surface area is 151 Å². The molecule has 5 rings (SSSR count). The Morgan fingerprint density at radius 1 is 0.846 bits per heavy atom. The topological polar surface area (TPSA) is 34.1 Å². The zero-order chi connectivity index (χ0) is 17.8. The van der Waals surface area contributed by atoms with Crippen molar-refractivity contribution in [1.82, 2.24) is 0 Å². The monoisotopic (exact) mass is 344 g/mol. The summed E-state index contributed by atoms with van der Waals surface area (Å²) in [7, 11) is 0. The molecule has 2 aromatic carbocycles. The smallest absolute Gasteiger partial charge is 0.190 e. The molecule has 0 bridgehead atoms. The molecule has 0 radical (unpaired) electrons. The van der Waals surface area contributed by atoms with Gasteiger partial charge in [-0.3, -0.25) is 9.59 Å². The summed E-state index contributed by atoms with van der Waals surface area (Å²) >= 11 is 0. The normalized spacial score (nSPS) is 21.7. The number of allylic oxidation sites excluding steroid dienone is 4. The lowest BCUT2D eigenvalue weighted by Gasteiger charge is -2.32. The Hall–Kier alpha value is -2.81. The highest BCUT2D eigenvalue weighted by atomic mass is 19.1. The minimum absolute atomic E-state index is 0.00912. The lowest BCUT2D eigenvalue weighted by Crippen LogP contribution is -2.25. The molecule has 1 unspecified atom stereocenters. The maximum atomic E-state index is 13.5. The van der Waals surface area contributed by atoms with Crippen LogP contribution in [0.15, 0.2) is 65.3 Å². The van der Waals surface area contributed by atoms with Gasteiger partial charge < -0.3 is 0 Å². The van der Waals surface area contributed by atoms with Gasteiger partial charge in [0.15, 0.2) is 11.6 Å². The van der Waals surface area contributed by atoms with Gasteiger partial charge in [0.2, 0.25) is 0 Å². The maximum absolute atomic E-state index is 13.5. The molecule has 1 atom stereocenters. The molecule has 0 heterocycles. The maximum Gasteiger partial charge on any atom is 0.190 e. The average Bonchev–Trinajstić information content (AvgIpc) is 2.94. The summed E-state index contributed by atoms with van der Waals surface area (Å²) in [5.41, 5.74) is 6.23. The minimum atomic E-state index is -0.373. The molecule has 2 aromatic rings. The first-order chi connectivity index (χ1) is 12.6. The van der Waals surface area contributed by atoms with Crippen molar-refractivity contribution in [3.63, 3.8) is 0 Å². The van der Waals surface area contributed by atoms with Gasteiger partial charge in [0.05, 0.1) is 0 Å². The first-order valence-electron chi connectivity index (χ1n) is 9.03. The molecule has 0 aromatic heterocycles. The van der Waals surface area contributed by atoms with Crippen molar-refractivity contribution >= 4 is 17.1 Å². The highest BCUT2D eigenvalue weighted by molar-refractivity contribution is 6.23. The number of rotatable bonds is 1. The Morgan fingerprint density at radius 2 is 1.58 bits per heavy atom. The van der Waals surface area contributed by atoms with E-state index in [9.17, 15) is 14.0 Å². The van der Waals surface area contributed by atoms with E-state index in [4.69, 9.17) is 0 Å². The van der Waals surface area contributed by atoms with Crippen molar-refractivity contribution in [3.05, 3.63) is 87.8 Å². The van der Waals surface area contributed by atoms with Gasteiger partial charge in [-0.05, 0) is 48.1 Å². The van der Waals surface area contributed by atoms with Gasteiger partial charge in [-0.1, -0.05) is 42.0 Å². The minimum Gasteiger partial charge on any atom is -0.295 e. The van der Waals surface area contributed by atoms with Gasteiger partial charge >= 0.3 is 0 Å². The Morgan fingerprint density at radius 3 is 2.35 bits per heavy atom. The fraction of sp³-hybridized carbons (Fsp3) is 0.217. The number of carbonyl (C=O) groups excluding carboxylic acids is 2. The molecule has 3 heteroatoms. The SMILES string of the molecule is O=C1CCCC2=C1C(c1ccc(F)cc1)C1=C(C2)c2ccccc2C1=O. The van der Waals surface area contributed by atoms with E-state index in [1.807, 2.05) is 24.3 Å². The van der Waals surface area contributed by atoms with Crippen LogP contribution >= 0.6 is 0 Å². The molecule has 0 amide bonds. The number of halogens is 1. The van der Waals surface area contributed by atoms with Crippen molar-refractivity contribution in [2.45, 2.75) is 31.6 Å². The van der Waals surface area contributed by atoms with Crippen LogP contribution in [0.5, 0.6) is 0 Å². The summed E-state index contributed by atoms with van der Waals surface area (Å²) in [5.74, 6) is -0.545. The van der Waals surface area contributed by atoms with Crippen LogP contribution in [0.3, 0.4) is 0 Å². The summed E-state index contributed by atoms with van der Waals surface area (Å²) in [5, 5.41) is 0. The van der Waals surface area contributed by atoms with Gasteiger partial charge in [0, 0.05) is 29.0 Å². The largest absolute Gasteiger partial charge is 0.295 e. The lowest BCUT2D eigenvalue weighted by atomic mass is 9.69. The van der Waals surface area contributed by atoms with Crippen molar-refractivity contribution in [2.24, 2.45) is 0 Å². The standard InChI is InChI=1S/C23H17FO2/c24-15-10-8-13(9-11-15)21-20-14(4-3-7-19(20)25)12-18-16-5-1-2-6-17(16)23(26)22(18)21/h1-2,5-6,8-11,21H,3-4,7,12H2. The number of ketones is 2. The molecular weight excluding hydrogens is 327 g/mol. The number of benzene rings is 2. The van der Waals surface area contributed by atoms with Crippen LogP contribution in [-0.4, -0.2) is 11.6 Å². The van der Waals surface area contributed by atoms with E-state index in [1.165, 1.54) is 12.1 Å². The van der Waals surface area contributed by atoms with Gasteiger partial charge in [-0.25, -0.2) is 4.39 Å². The first kappa shape index (κ1) is 15.4. The van der Waals surface area contributed by atoms with E-state index >= 15 is 0 Å². The summed E-state index contributed by atoms with van der Waals surface area (Å²) in [4.78, 5) is 26.0. The summed E-state index contributed by atoms with van der Waals surface area (Å²) < 4.78 is 13.5. The summed E-state index contributed by atoms with van der Waals surface area (Å²) in [6.45, 7) is 0. The lowest BCUT2D eigenvalue weighted by molar-refractivity contribution is -0.116. The van der Waals surface area contributed by atoms with E-state index in [-0.39, 0.29) is 23.3 Å². The van der Waals surface area contributed by atoms with Crippen molar-refractivity contribution in [1.29, 1.82) is 0 Å². The van der Waals surface area contributed by atoms with Gasteiger partial charge in [-0.15, -0.1) is 0 Å². The first-order valence-corrected chi connectivity index (χ1v) is 9.03. The fourth-order valence-corrected chi connectivity index (χ4v) is 4.69. The molecule has 0 fully saturated rings. The Bertz CT molecular complexity index is 1020. The third kappa shape index (κ3) is 2.10. The van der Waals surface area contributed by atoms with Crippen molar-refractivity contribution < 1.29 is 14.0 Å². The van der Waals surface area contributed by atoms with Gasteiger partial charge in [0.1, 0.15) is 5.82 Å². The molecule has 0 saturated heterocycles. The molecule has 0 saturated carbocycles.